The number of hydrogen-bond acceptors (Lipinski definition) is 3. The molecule has 1 N–H and O–H groups in total. The van der Waals surface area contributed by atoms with Gasteiger partial charge < -0.3 is 14.1 Å². The molecule has 0 radical (unpaired) electrons. The van der Waals surface area contributed by atoms with E-state index in [0.717, 1.165) is 0 Å². The first-order valence-corrected chi connectivity index (χ1v) is 6.06. The second-order valence-electron chi connectivity index (χ2n) is 4.34. The van der Waals surface area contributed by atoms with E-state index < -0.39 is 6.10 Å². The number of imidazole rings is 1. The van der Waals surface area contributed by atoms with Gasteiger partial charge in [-0.2, -0.15) is 0 Å². The molecule has 0 saturated heterocycles. The van der Waals surface area contributed by atoms with E-state index in [0.29, 0.717) is 29.0 Å². The van der Waals surface area contributed by atoms with Crippen molar-refractivity contribution in [2.24, 2.45) is 0 Å². The van der Waals surface area contributed by atoms with Crippen LogP contribution in [-0.4, -0.2) is 14.7 Å². The molecule has 0 amide bonds. The minimum Gasteiger partial charge on any atom is -0.458 e. The molecular formula is C14H13FN2O2. The van der Waals surface area contributed by atoms with Gasteiger partial charge in [0.25, 0.3) is 0 Å². The van der Waals surface area contributed by atoms with E-state index in [4.69, 9.17) is 4.42 Å². The van der Waals surface area contributed by atoms with Crippen molar-refractivity contribution < 1.29 is 13.9 Å². The second-order valence-corrected chi connectivity index (χ2v) is 4.34. The fraction of sp³-hybridized carbons (Fsp3) is 0.214. The topological polar surface area (TPSA) is 51.2 Å². The minimum absolute atomic E-state index is 0.326. The normalized spacial score (nSPS) is 13.0. The zero-order valence-corrected chi connectivity index (χ0v) is 10.4. The Morgan fingerprint density at radius 1 is 1.42 bits per heavy atom. The van der Waals surface area contributed by atoms with Crippen molar-refractivity contribution in [3.05, 3.63) is 54.1 Å². The number of aryl methyl sites for hydroxylation is 1. The van der Waals surface area contributed by atoms with Gasteiger partial charge in [0.05, 0.1) is 18.2 Å². The second kappa shape index (κ2) is 4.51. The van der Waals surface area contributed by atoms with Gasteiger partial charge in [0.15, 0.2) is 6.10 Å². The van der Waals surface area contributed by atoms with Gasteiger partial charge in [0.2, 0.25) is 0 Å². The standard InChI is InChI=1S/C14H13FN2O2/c1-2-17-8-16-7-11(17)14(18)13-6-9-5-10(15)3-4-12(9)19-13/h3-8,14,18H,2H2,1H3. The molecule has 4 nitrogen and oxygen atoms in total. The van der Waals surface area contributed by atoms with Gasteiger partial charge in [-0.1, -0.05) is 0 Å². The molecule has 98 valence electrons. The van der Waals surface area contributed by atoms with Crippen LogP contribution in [0.3, 0.4) is 0 Å². The average molecular weight is 260 g/mol. The maximum atomic E-state index is 13.1. The van der Waals surface area contributed by atoms with Gasteiger partial charge in [0.1, 0.15) is 17.2 Å². The van der Waals surface area contributed by atoms with Crippen molar-refractivity contribution in [1.82, 2.24) is 9.55 Å². The number of hydrogen-bond donors (Lipinski definition) is 1. The SMILES string of the molecule is CCn1cncc1C(O)c1cc2cc(F)ccc2o1. The van der Waals surface area contributed by atoms with E-state index in [9.17, 15) is 9.50 Å². The van der Waals surface area contributed by atoms with E-state index in [2.05, 4.69) is 4.98 Å². The number of rotatable bonds is 3. The molecule has 1 aromatic carbocycles. The third kappa shape index (κ3) is 2.02. The van der Waals surface area contributed by atoms with Crippen molar-refractivity contribution in [3.63, 3.8) is 0 Å². The van der Waals surface area contributed by atoms with Crippen LogP contribution in [0.15, 0.2) is 41.2 Å². The van der Waals surface area contributed by atoms with E-state index >= 15 is 0 Å². The predicted octanol–water partition coefficient (Wildman–Crippen LogP) is 2.87. The largest absolute Gasteiger partial charge is 0.458 e. The van der Waals surface area contributed by atoms with Crippen molar-refractivity contribution >= 4 is 11.0 Å². The number of nitrogens with zero attached hydrogens (tertiary/aromatic N) is 2. The molecule has 0 spiro atoms. The van der Waals surface area contributed by atoms with Crippen molar-refractivity contribution in [3.8, 4) is 0 Å². The molecule has 5 heteroatoms. The molecule has 0 saturated carbocycles. The molecule has 1 atom stereocenters. The maximum absolute atomic E-state index is 13.1. The summed E-state index contributed by atoms with van der Waals surface area (Å²) in [4.78, 5) is 4.01. The molecule has 2 heterocycles. The Labute approximate surface area is 109 Å². The lowest BCUT2D eigenvalue weighted by atomic mass is 10.2. The average Bonchev–Trinajstić information content (AvgIpc) is 3.03. The summed E-state index contributed by atoms with van der Waals surface area (Å²) in [5.41, 5.74) is 1.21. The summed E-state index contributed by atoms with van der Waals surface area (Å²) >= 11 is 0. The monoisotopic (exact) mass is 260 g/mol. The van der Waals surface area contributed by atoms with E-state index in [1.54, 1.807) is 24.7 Å². The van der Waals surface area contributed by atoms with E-state index in [-0.39, 0.29) is 5.82 Å². The Kier molecular flexibility index (Phi) is 2.83. The van der Waals surface area contributed by atoms with Gasteiger partial charge in [0, 0.05) is 11.9 Å². The van der Waals surface area contributed by atoms with Crippen LogP contribution in [0.25, 0.3) is 11.0 Å². The zero-order chi connectivity index (χ0) is 13.4. The van der Waals surface area contributed by atoms with Crippen molar-refractivity contribution in [1.29, 1.82) is 0 Å². The molecule has 0 bridgehead atoms. The molecular weight excluding hydrogens is 247 g/mol. The highest BCUT2D eigenvalue weighted by atomic mass is 19.1. The van der Waals surface area contributed by atoms with Gasteiger partial charge in [-0.15, -0.1) is 0 Å². The van der Waals surface area contributed by atoms with Crippen LogP contribution in [0, 0.1) is 5.82 Å². The van der Waals surface area contributed by atoms with Crippen LogP contribution in [0.2, 0.25) is 0 Å². The summed E-state index contributed by atoms with van der Waals surface area (Å²) in [7, 11) is 0. The molecule has 3 aromatic rings. The molecule has 3 rings (SSSR count). The third-order valence-electron chi connectivity index (χ3n) is 3.13. The summed E-state index contributed by atoms with van der Waals surface area (Å²) in [5.74, 6) is 0.0590. The lowest BCUT2D eigenvalue weighted by molar-refractivity contribution is 0.183. The number of aromatic nitrogens is 2. The zero-order valence-electron chi connectivity index (χ0n) is 10.4. The highest BCUT2D eigenvalue weighted by Gasteiger charge is 2.19. The Balaban J connectivity index is 2.04. The van der Waals surface area contributed by atoms with Crippen LogP contribution in [0.1, 0.15) is 24.5 Å². The third-order valence-corrected chi connectivity index (χ3v) is 3.13. The number of furan rings is 1. The first-order chi connectivity index (χ1) is 9.19. The lowest BCUT2D eigenvalue weighted by Crippen LogP contribution is -2.06. The molecule has 2 aromatic heterocycles. The molecule has 19 heavy (non-hydrogen) atoms. The number of aliphatic hydroxyl groups is 1. The predicted molar refractivity (Wildman–Crippen MR) is 68.1 cm³/mol. The summed E-state index contributed by atoms with van der Waals surface area (Å²) in [6.45, 7) is 2.67. The highest BCUT2D eigenvalue weighted by molar-refractivity contribution is 5.78. The fourth-order valence-corrected chi connectivity index (χ4v) is 2.14. The molecule has 0 aliphatic carbocycles. The van der Waals surface area contributed by atoms with Crippen LogP contribution in [-0.2, 0) is 6.54 Å². The van der Waals surface area contributed by atoms with Gasteiger partial charge in [-0.25, -0.2) is 9.37 Å². The number of fused-ring (bicyclic) bond motifs is 1. The van der Waals surface area contributed by atoms with Crippen LogP contribution in [0.5, 0.6) is 0 Å². The fourth-order valence-electron chi connectivity index (χ4n) is 2.14. The molecule has 1 unspecified atom stereocenters. The van der Waals surface area contributed by atoms with Crippen molar-refractivity contribution in [2.45, 2.75) is 19.6 Å². The molecule has 0 fully saturated rings. The quantitative estimate of drug-likeness (QED) is 0.787. The van der Waals surface area contributed by atoms with Gasteiger partial charge in [-0.3, -0.25) is 0 Å². The smallest absolute Gasteiger partial charge is 0.153 e. The summed E-state index contributed by atoms with van der Waals surface area (Å²) in [6, 6.07) is 5.92. The van der Waals surface area contributed by atoms with Gasteiger partial charge >= 0.3 is 0 Å². The molecule has 0 aliphatic heterocycles. The Morgan fingerprint density at radius 2 is 2.26 bits per heavy atom. The lowest BCUT2D eigenvalue weighted by Gasteiger charge is -2.09. The Bertz CT molecular complexity index is 717. The summed E-state index contributed by atoms with van der Waals surface area (Å²) in [5, 5.41) is 11.0. The van der Waals surface area contributed by atoms with E-state index in [1.165, 1.54) is 12.1 Å². The van der Waals surface area contributed by atoms with Gasteiger partial charge in [-0.05, 0) is 31.2 Å². The maximum Gasteiger partial charge on any atom is 0.153 e. The Hall–Kier alpha value is -2.14. The van der Waals surface area contributed by atoms with Crippen LogP contribution < -0.4 is 0 Å². The van der Waals surface area contributed by atoms with E-state index in [1.807, 2.05) is 11.5 Å². The minimum atomic E-state index is -0.905. The van der Waals surface area contributed by atoms with Crippen LogP contribution in [0.4, 0.5) is 4.39 Å². The number of halogens is 1. The summed E-state index contributed by atoms with van der Waals surface area (Å²) in [6.07, 6.45) is 2.35. The van der Waals surface area contributed by atoms with Crippen LogP contribution >= 0.6 is 0 Å². The highest BCUT2D eigenvalue weighted by Crippen LogP contribution is 2.28. The number of benzene rings is 1. The Morgan fingerprint density at radius 3 is 3.05 bits per heavy atom. The first-order valence-electron chi connectivity index (χ1n) is 6.06. The first kappa shape index (κ1) is 11.9. The number of aliphatic hydroxyl groups excluding tert-OH is 1. The summed E-state index contributed by atoms with van der Waals surface area (Å²) < 4.78 is 20.5. The molecule has 0 aliphatic rings. The van der Waals surface area contributed by atoms with Crippen molar-refractivity contribution in [2.75, 3.05) is 0 Å².